The van der Waals surface area contributed by atoms with Crippen LogP contribution < -0.4 is 11.5 Å². The van der Waals surface area contributed by atoms with Crippen LogP contribution in [0.2, 0.25) is 0 Å². The van der Waals surface area contributed by atoms with Gasteiger partial charge in [0.05, 0.1) is 0 Å². The van der Waals surface area contributed by atoms with Crippen LogP contribution in [0, 0.1) is 0 Å². The van der Waals surface area contributed by atoms with Crippen molar-refractivity contribution in [3.8, 4) is 0 Å². The van der Waals surface area contributed by atoms with Gasteiger partial charge < -0.3 is 11.5 Å². The van der Waals surface area contributed by atoms with Gasteiger partial charge in [-0.1, -0.05) is 39.2 Å². The number of carbonyl (C=O) groups excluding carboxylic acids is 1. The summed E-state index contributed by atoms with van der Waals surface area (Å²) in [5.41, 5.74) is 15.0. The molecule has 1 aromatic carbocycles. The van der Waals surface area contributed by atoms with E-state index in [9.17, 15) is 4.79 Å². The van der Waals surface area contributed by atoms with Gasteiger partial charge in [0.25, 0.3) is 0 Å². The third kappa shape index (κ3) is 2.73. The Hall–Kier alpha value is -1.35. The molecule has 20 heavy (non-hydrogen) atoms. The van der Waals surface area contributed by atoms with E-state index in [2.05, 4.69) is 19.9 Å². The summed E-state index contributed by atoms with van der Waals surface area (Å²) in [6.07, 6.45) is 6.72. The Morgan fingerprint density at radius 3 is 2.80 bits per heavy atom. The summed E-state index contributed by atoms with van der Waals surface area (Å²) in [5, 5.41) is 0. The first-order valence-electron chi connectivity index (χ1n) is 7.68. The molecule has 0 saturated heterocycles. The largest absolute Gasteiger partial charge is 0.366 e. The molecule has 0 saturated carbocycles. The quantitative estimate of drug-likeness (QED) is 0.811. The Labute approximate surface area is 121 Å². The van der Waals surface area contributed by atoms with Crippen LogP contribution in [0.15, 0.2) is 18.2 Å². The van der Waals surface area contributed by atoms with E-state index in [1.54, 1.807) is 0 Å². The molecule has 1 aliphatic rings. The molecular formula is C17H26N2O. The van der Waals surface area contributed by atoms with E-state index in [-0.39, 0.29) is 17.4 Å². The number of primary amides is 1. The van der Waals surface area contributed by atoms with E-state index in [0.717, 1.165) is 19.3 Å². The van der Waals surface area contributed by atoms with Crippen molar-refractivity contribution in [3.05, 3.63) is 34.9 Å². The summed E-state index contributed by atoms with van der Waals surface area (Å²) in [4.78, 5) is 11.4. The van der Waals surface area contributed by atoms with E-state index in [1.165, 1.54) is 30.4 Å². The van der Waals surface area contributed by atoms with Crippen molar-refractivity contribution < 1.29 is 4.79 Å². The zero-order valence-corrected chi connectivity index (χ0v) is 12.6. The zero-order chi connectivity index (χ0) is 14.8. The van der Waals surface area contributed by atoms with Gasteiger partial charge in [0, 0.05) is 17.0 Å². The number of aryl methyl sites for hydroxylation is 1. The van der Waals surface area contributed by atoms with E-state index in [4.69, 9.17) is 11.5 Å². The van der Waals surface area contributed by atoms with Gasteiger partial charge in [0.15, 0.2) is 0 Å². The van der Waals surface area contributed by atoms with Crippen LogP contribution in [0.3, 0.4) is 0 Å². The molecule has 1 aliphatic carbocycles. The molecule has 0 aromatic heterocycles. The topological polar surface area (TPSA) is 69.1 Å². The highest BCUT2D eigenvalue weighted by atomic mass is 16.1. The Bertz CT molecular complexity index is 498. The molecule has 3 nitrogen and oxygen atoms in total. The first-order valence-corrected chi connectivity index (χ1v) is 7.68. The molecule has 4 N–H and O–H groups in total. The van der Waals surface area contributed by atoms with Gasteiger partial charge in [-0.2, -0.15) is 0 Å². The van der Waals surface area contributed by atoms with Crippen LogP contribution in [0.4, 0.5) is 0 Å². The van der Waals surface area contributed by atoms with Crippen LogP contribution >= 0.6 is 0 Å². The first kappa shape index (κ1) is 15.0. The summed E-state index contributed by atoms with van der Waals surface area (Å²) in [6.45, 7) is 4.46. The van der Waals surface area contributed by atoms with Crippen molar-refractivity contribution in [2.45, 2.75) is 63.8 Å². The summed E-state index contributed by atoms with van der Waals surface area (Å²) >= 11 is 0. The molecule has 0 bridgehead atoms. The van der Waals surface area contributed by atoms with Gasteiger partial charge in [-0.25, -0.2) is 0 Å². The maximum absolute atomic E-state index is 11.4. The molecule has 3 heteroatoms. The van der Waals surface area contributed by atoms with Crippen LogP contribution in [0.1, 0.15) is 67.4 Å². The Kier molecular flexibility index (Phi) is 4.48. The second-order valence-electron chi connectivity index (χ2n) is 6.26. The van der Waals surface area contributed by atoms with Gasteiger partial charge >= 0.3 is 0 Å². The number of benzene rings is 1. The standard InChI is InChI=1S/C17H26N2O/c1-3-4-5-10-17(2)14-11-13(16(19)20)7-6-12(14)8-9-15(17)18/h6-7,11,15H,3-5,8-10,18H2,1-2H3,(H2,19,20)/t15-,17+/m0/s1. The number of hydrogen-bond donors (Lipinski definition) is 2. The highest BCUT2D eigenvalue weighted by molar-refractivity contribution is 5.93. The Morgan fingerprint density at radius 2 is 2.15 bits per heavy atom. The molecular weight excluding hydrogens is 248 g/mol. The third-order valence-corrected chi connectivity index (χ3v) is 4.85. The van der Waals surface area contributed by atoms with Gasteiger partial charge in [-0.05, 0) is 42.5 Å². The summed E-state index contributed by atoms with van der Waals surface area (Å²) in [5.74, 6) is -0.358. The summed E-state index contributed by atoms with van der Waals surface area (Å²) < 4.78 is 0. The maximum Gasteiger partial charge on any atom is 0.248 e. The monoisotopic (exact) mass is 274 g/mol. The lowest BCUT2D eigenvalue weighted by Crippen LogP contribution is -2.47. The summed E-state index contributed by atoms with van der Waals surface area (Å²) in [7, 11) is 0. The van der Waals surface area contributed by atoms with Crippen molar-refractivity contribution in [2.75, 3.05) is 0 Å². The number of carbonyl (C=O) groups is 1. The lowest BCUT2D eigenvalue weighted by Gasteiger charge is -2.42. The zero-order valence-electron chi connectivity index (χ0n) is 12.6. The van der Waals surface area contributed by atoms with Crippen molar-refractivity contribution in [2.24, 2.45) is 11.5 Å². The van der Waals surface area contributed by atoms with E-state index in [1.807, 2.05) is 12.1 Å². The molecule has 0 radical (unpaired) electrons. The normalized spacial score (nSPS) is 25.2. The van der Waals surface area contributed by atoms with Crippen LogP contribution in [0.25, 0.3) is 0 Å². The molecule has 0 spiro atoms. The van der Waals surface area contributed by atoms with Crippen molar-refractivity contribution in [1.82, 2.24) is 0 Å². The van der Waals surface area contributed by atoms with Gasteiger partial charge in [0.1, 0.15) is 0 Å². The van der Waals surface area contributed by atoms with Crippen LogP contribution in [-0.4, -0.2) is 11.9 Å². The molecule has 0 aliphatic heterocycles. The molecule has 1 amide bonds. The lowest BCUT2D eigenvalue weighted by molar-refractivity contribution is 0.1000. The highest BCUT2D eigenvalue weighted by Gasteiger charge is 2.38. The second-order valence-corrected chi connectivity index (χ2v) is 6.26. The van der Waals surface area contributed by atoms with Gasteiger partial charge in [0.2, 0.25) is 5.91 Å². The number of rotatable bonds is 5. The maximum atomic E-state index is 11.4. The third-order valence-electron chi connectivity index (χ3n) is 4.85. The van der Waals surface area contributed by atoms with Gasteiger partial charge in [-0.15, -0.1) is 0 Å². The number of unbranched alkanes of at least 4 members (excludes halogenated alkanes) is 2. The molecule has 2 atom stereocenters. The van der Waals surface area contributed by atoms with E-state index >= 15 is 0 Å². The lowest BCUT2D eigenvalue weighted by atomic mass is 9.65. The average molecular weight is 274 g/mol. The number of amides is 1. The van der Waals surface area contributed by atoms with Gasteiger partial charge in [-0.3, -0.25) is 4.79 Å². The van der Waals surface area contributed by atoms with E-state index in [0.29, 0.717) is 5.56 Å². The average Bonchev–Trinajstić information content (AvgIpc) is 2.43. The van der Waals surface area contributed by atoms with Crippen molar-refractivity contribution >= 4 is 5.91 Å². The first-order chi connectivity index (χ1) is 9.49. The fraction of sp³-hybridized carbons (Fsp3) is 0.588. The summed E-state index contributed by atoms with van der Waals surface area (Å²) in [6, 6.07) is 6.03. The predicted molar refractivity (Wildman–Crippen MR) is 82.8 cm³/mol. The minimum absolute atomic E-state index is 0.0335. The van der Waals surface area contributed by atoms with Crippen LogP contribution in [0.5, 0.6) is 0 Å². The molecule has 1 aromatic rings. The predicted octanol–water partition coefficient (Wildman–Crippen LogP) is 2.90. The van der Waals surface area contributed by atoms with Crippen molar-refractivity contribution in [1.29, 1.82) is 0 Å². The number of nitrogens with two attached hydrogens (primary N) is 2. The minimum atomic E-state index is -0.358. The second kappa shape index (κ2) is 5.96. The minimum Gasteiger partial charge on any atom is -0.366 e. The highest BCUT2D eigenvalue weighted by Crippen LogP contribution is 2.40. The van der Waals surface area contributed by atoms with E-state index < -0.39 is 0 Å². The fourth-order valence-electron chi connectivity index (χ4n) is 3.37. The van der Waals surface area contributed by atoms with Crippen molar-refractivity contribution in [3.63, 3.8) is 0 Å². The Balaban J connectivity index is 2.37. The molecule has 0 fully saturated rings. The fourth-order valence-corrected chi connectivity index (χ4v) is 3.37. The molecule has 2 rings (SSSR count). The Morgan fingerprint density at radius 1 is 1.40 bits per heavy atom. The molecule has 110 valence electrons. The SMILES string of the molecule is CCCCC[C@]1(C)c2cc(C(N)=O)ccc2CC[C@@H]1N. The number of hydrogen-bond acceptors (Lipinski definition) is 2. The number of fused-ring (bicyclic) bond motifs is 1. The molecule has 0 heterocycles. The van der Waals surface area contributed by atoms with Crippen LogP contribution in [-0.2, 0) is 11.8 Å². The molecule has 0 unspecified atom stereocenters. The smallest absolute Gasteiger partial charge is 0.248 e.